The van der Waals surface area contributed by atoms with E-state index >= 15 is 0 Å². The second-order valence-corrected chi connectivity index (χ2v) is 4.05. The Labute approximate surface area is 106 Å². The van der Waals surface area contributed by atoms with E-state index in [-0.39, 0.29) is 0 Å². The van der Waals surface area contributed by atoms with Crippen molar-refractivity contribution in [1.82, 2.24) is 9.97 Å². The highest BCUT2D eigenvalue weighted by atomic mass is 79.9. The van der Waals surface area contributed by atoms with Gasteiger partial charge >= 0.3 is 0 Å². The summed E-state index contributed by atoms with van der Waals surface area (Å²) in [6.45, 7) is 0. The predicted molar refractivity (Wildman–Crippen MR) is 68.6 cm³/mol. The molecule has 0 bridgehead atoms. The van der Waals surface area contributed by atoms with Gasteiger partial charge in [0.05, 0.1) is 17.8 Å². The van der Waals surface area contributed by atoms with Crippen LogP contribution in [0.4, 0.5) is 17.3 Å². The molecule has 84 valence electrons. The van der Waals surface area contributed by atoms with Gasteiger partial charge < -0.3 is 11.1 Å². The van der Waals surface area contributed by atoms with Crippen LogP contribution < -0.4 is 11.1 Å². The quantitative estimate of drug-likeness (QED) is 0.887. The standard InChI is InChI=1S/C11H8BrN5/c12-9-6-15-10(14)11(17-9)16-8-3-1-7(5-13)2-4-8/h1-4,6H,(H2,14,15)(H,16,17). The summed E-state index contributed by atoms with van der Waals surface area (Å²) in [5, 5.41) is 11.7. The summed E-state index contributed by atoms with van der Waals surface area (Å²) in [6, 6.07) is 9.03. The van der Waals surface area contributed by atoms with Gasteiger partial charge in [-0.2, -0.15) is 5.26 Å². The monoisotopic (exact) mass is 289 g/mol. The van der Waals surface area contributed by atoms with Gasteiger partial charge in [0.2, 0.25) is 0 Å². The van der Waals surface area contributed by atoms with E-state index in [1.165, 1.54) is 6.20 Å². The summed E-state index contributed by atoms with van der Waals surface area (Å²) in [7, 11) is 0. The molecule has 3 N–H and O–H groups in total. The fourth-order valence-corrected chi connectivity index (χ4v) is 1.51. The van der Waals surface area contributed by atoms with Gasteiger partial charge in [-0.05, 0) is 40.2 Å². The van der Waals surface area contributed by atoms with Crippen molar-refractivity contribution in [1.29, 1.82) is 5.26 Å². The first-order valence-electron chi connectivity index (χ1n) is 4.74. The molecule has 2 rings (SSSR count). The predicted octanol–water partition coefficient (Wildman–Crippen LogP) is 2.44. The Morgan fingerprint density at radius 3 is 2.65 bits per heavy atom. The summed E-state index contributed by atoms with van der Waals surface area (Å²) in [4.78, 5) is 8.13. The van der Waals surface area contributed by atoms with Crippen molar-refractivity contribution in [3.05, 3.63) is 40.6 Å². The molecule has 0 unspecified atom stereocenters. The van der Waals surface area contributed by atoms with Gasteiger partial charge in [-0.15, -0.1) is 0 Å². The van der Waals surface area contributed by atoms with E-state index in [9.17, 15) is 0 Å². The van der Waals surface area contributed by atoms with E-state index in [2.05, 4.69) is 37.3 Å². The maximum atomic E-state index is 8.68. The zero-order valence-corrected chi connectivity index (χ0v) is 10.3. The SMILES string of the molecule is N#Cc1ccc(Nc2nc(Br)cnc2N)cc1. The minimum absolute atomic E-state index is 0.317. The zero-order valence-electron chi connectivity index (χ0n) is 8.68. The Bertz CT molecular complexity index is 573. The highest BCUT2D eigenvalue weighted by molar-refractivity contribution is 9.10. The van der Waals surface area contributed by atoms with Crippen LogP contribution >= 0.6 is 15.9 Å². The second kappa shape index (κ2) is 4.80. The van der Waals surface area contributed by atoms with Crippen molar-refractivity contribution < 1.29 is 0 Å². The summed E-state index contributed by atoms with van der Waals surface area (Å²) in [5.41, 5.74) is 7.08. The largest absolute Gasteiger partial charge is 0.381 e. The van der Waals surface area contributed by atoms with E-state index in [1.807, 2.05) is 0 Å². The number of nitrogens with one attached hydrogen (secondary N) is 1. The average Bonchev–Trinajstić information content (AvgIpc) is 2.35. The molecule has 5 nitrogen and oxygen atoms in total. The molecule has 0 atom stereocenters. The summed E-state index contributed by atoms with van der Waals surface area (Å²) in [6.07, 6.45) is 1.53. The van der Waals surface area contributed by atoms with Crippen LogP contribution in [0.15, 0.2) is 35.1 Å². The Morgan fingerprint density at radius 1 is 1.29 bits per heavy atom. The van der Waals surface area contributed by atoms with Gasteiger partial charge in [0.15, 0.2) is 11.6 Å². The number of rotatable bonds is 2. The molecule has 1 heterocycles. The molecular weight excluding hydrogens is 282 g/mol. The van der Waals surface area contributed by atoms with Crippen molar-refractivity contribution >= 4 is 33.3 Å². The first kappa shape index (κ1) is 11.4. The third-order valence-corrected chi connectivity index (χ3v) is 2.43. The van der Waals surface area contributed by atoms with E-state index in [0.717, 1.165) is 5.69 Å². The highest BCUT2D eigenvalue weighted by Crippen LogP contribution is 2.20. The minimum Gasteiger partial charge on any atom is -0.381 e. The Kier molecular flexibility index (Phi) is 3.21. The number of anilines is 3. The summed E-state index contributed by atoms with van der Waals surface area (Å²) < 4.78 is 0.600. The topological polar surface area (TPSA) is 87.6 Å². The fraction of sp³-hybridized carbons (Fsp3) is 0. The summed E-state index contributed by atoms with van der Waals surface area (Å²) >= 11 is 3.22. The lowest BCUT2D eigenvalue weighted by Gasteiger charge is -2.07. The molecular formula is C11H8BrN5. The van der Waals surface area contributed by atoms with E-state index in [4.69, 9.17) is 11.0 Å². The number of hydrogen-bond donors (Lipinski definition) is 2. The number of nitrogen functional groups attached to an aromatic ring is 1. The van der Waals surface area contributed by atoms with E-state index in [1.54, 1.807) is 24.3 Å². The maximum Gasteiger partial charge on any atom is 0.174 e. The zero-order chi connectivity index (χ0) is 12.3. The lowest BCUT2D eigenvalue weighted by Crippen LogP contribution is -2.01. The van der Waals surface area contributed by atoms with Crippen LogP contribution in [0.25, 0.3) is 0 Å². The number of nitrogens with two attached hydrogens (primary N) is 1. The molecule has 0 aliphatic rings. The number of aromatic nitrogens is 2. The van der Waals surface area contributed by atoms with Gasteiger partial charge in [0.25, 0.3) is 0 Å². The molecule has 1 aromatic carbocycles. The minimum atomic E-state index is 0.317. The fourth-order valence-electron chi connectivity index (χ4n) is 1.23. The third-order valence-electron chi connectivity index (χ3n) is 2.05. The van der Waals surface area contributed by atoms with E-state index in [0.29, 0.717) is 21.8 Å². The Hall–Kier alpha value is -2.13. The Morgan fingerprint density at radius 2 is 2.00 bits per heavy atom. The van der Waals surface area contributed by atoms with Crippen LogP contribution in [0.1, 0.15) is 5.56 Å². The van der Waals surface area contributed by atoms with Crippen LogP contribution in [0, 0.1) is 11.3 Å². The molecule has 2 aromatic rings. The number of benzene rings is 1. The van der Waals surface area contributed by atoms with Gasteiger partial charge in [-0.25, -0.2) is 9.97 Å². The van der Waals surface area contributed by atoms with Crippen LogP contribution in [0.5, 0.6) is 0 Å². The average molecular weight is 290 g/mol. The first-order valence-corrected chi connectivity index (χ1v) is 5.53. The van der Waals surface area contributed by atoms with Crippen LogP contribution in [0.2, 0.25) is 0 Å². The van der Waals surface area contributed by atoms with Crippen LogP contribution in [-0.2, 0) is 0 Å². The molecule has 1 aromatic heterocycles. The molecule has 0 aliphatic carbocycles. The smallest absolute Gasteiger partial charge is 0.174 e. The van der Waals surface area contributed by atoms with Gasteiger partial charge in [-0.1, -0.05) is 0 Å². The molecule has 0 aliphatic heterocycles. The van der Waals surface area contributed by atoms with Crippen LogP contribution in [0.3, 0.4) is 0 Å². The molecule has 0 saturated carbocycles. The molecule has 0 spiro atoms. The molecule has 0 radical (unpaired) electrons. The van der Waals surface area contributed by atoms with Gasteiger partial charge in [0, 0.05) is 5.69 Å². The van der Waals surface area contributed by atoms with Crippen LogP contribution in [-0.4, -0.2) is 9.97 Å². The van der Waals surface area contributed by atoms with Crippen molar-refractivity contribution in [2.45, 2.75) is 0 Å². The van der Waals surface area contributed by atoms with E-state index < -0.39 is 0 Å². The maximum absolute atomic E-state index is 8.68. The van der Waals surface area contributed by atoms with Crippen molar-refractivity contribution in [3.63, 3.8) is 0 Å². The number of hydrogen-bond acceptors (Lipinski definition) is 5. The molecule has 6 heteroatoms. The second-order valence-electron chi connectivity index (χ2n) is 3.24. The van der Waals surface area contributed by atoms with Gasteiger partial charge in [-0.3, -0.25) is 0 Å². The number of nitriles is 1. The third kappa shape index (κ3) is 2.71. The normalized spacial score (nSPS) is 9.65. The van der Waals surface area contributed by atoms with Crippen molar-refractivity contribution in [3.8, 4) is 6.07 Å². The van der Waals surface area contributed by atoms with Crippen molar-refractivity contribution in [2.75, 3.05) is 11.1 Å². The lowest BCUT2D eigenvalue weighted by atomic mass is 10.2. The molecule has 17 heavy (non-hydrogen) atoms. The molecule has 0 fully saturated rings. The lowest BCUT2D eigenvalue weighted by molar-refractivity contribution is 1.17. The Balaban J connectivity index is 2.25. The van der Waals surface area contributed by atoms with Gasteiger partial charge in [0.1, 0.15) is 4.60 Å². The number of nitrogens with zero attached hydrogens (tertiary/aromatic N) is 3. The summed E-state index contributed by atoms with van der Waals surface area (Å²) in [5.74, 6) is 0.793. The molecule has 0 saturated heterocycles. The molecule has 0 amide bonds. The number of halogens is 1. The highest BCUT2D eigenvalue weighted by Gasteiger charge is 2.03. The van der Waals surface area contributed by atoms with Crippen molar-refractivity contribution in [2.24, 2.45) is 0 Å². The first-order chi connectivity index (χ1) is 8.19.